The molecule has 3 aromatic heterocycles. The molecule has 4 heterocycles. The Morgan fingerprint density at radius 2 is 1.88 bits per heavy atom. The molecule has 4 rings (SSSR count). The number of anilines is 2. The van der Waals surface area contributed by atoms with Gasteiger partial charge in [0.15, 0.2) is 5.65 Å². The fourth-order valence-corrected chi connectivity index (χ4v) is 3.28. The van der Waals surface area contributed by atoms with Crippen molar-refractivity contribution in [2.45, 2.75) is 26.8 Å². The number of ether oxygens (including phenoxy) is 1. The number of nitrogen functional groups attached to an aromatic ring is 1. The molecule has 26 heavy (non-hydrogen) atoms. The Hall–Kier alpha value is -2.81. The molecule has 0 unspecified atom stereocenters. The van der Waals surface area contributed by atoms with Gasteiger partial charge in [0.25, 0.3) is 0 Å². The fraction of sp³-hybridized carbons (Fsp3) is 0.471. The number of nitrogens with zero attached hydrogens (tertiary/aromatic N) is 7. The second-order valence-corrected chi connectivity index (χ2v) is 6.57. The van der Waals surface area contributed by atoms with Crippen LogP contribution in [0.2, 0.25) is 0 Å². The molecule has 1 aliphatic heterocycles. The first-order valence-corrected chi connectivity index (χ1v) is 8.72. The van der Waals surface area contributed by atoms with Crippen LogP contribution >= 0.6 is 0 Å². The summed E-state index contributed by atoms with van der Waals surface area (Å²) in [5, 5.41) is 0. The zero-order chi connectivity index (χ0) is 18.3. The molecule has 136 valence electrons. The number of aryl methyl sites for hydroxylation is 1. The second-order valence-electron chi connectivity index (χ2n) is 6.57. The number of aromatic nitrogens is 6. The Labute approximate surface area is 151 Å². The molecule has 3 aromatic rings. The monoisotopic (exact) mass is 354 g/mol. The molecule has 0 aliphatic carbocycles. The van der Waals surface area contributed by atoms with Crippen LogP contribution in [0.3, 0.4) is 0 Å². The first kappa shape index (κ1) is 16.6. The lowest BCUT2D eigenvalue weighted by Gasteiger charge is -2.27. The van der Waals surface area contributed by atoms with E-state index in [4.69, 9.17) is 25.4 Å². The van der Waals surface area contributed by atoms with E-state index in [1.54, 1.807) is 12.3 Å². The van der Waals surface area contributed by atoms with Crippen molar-refractivity contribution in [1.29, 1.82) is 0 Å². The molecular formula is C17H22N8O. The van der Waals surface area contributed by atoms with Crippen molar-refractivity contribution in [1.82, 2.24) is 29.5 Å². The van der Waals surface area contributed by atoms with E-state index < -0.39 is 0 Å². The van der Waals surface area contributed by atoms with Crippen molar-refractivity contribution >= 4 is 23.1 Å². The van der Waals surface area contributed by atoms with Crippen LogP contribution in [0.5, 0.6) is 0 Å². The van der Waals surface area contributed by atoms with Gasteiger partial charge in [-0.1, -0.05) is 0 Å². The molecule has 0 aromatic carbocycles. The van der Waals surface area contributed by atoms with Gasteiger partial charge in [-0.2, -0.15) is 4.98 Å². The van der Waals surface area contributed by atoms with Crippen molar-refractivity contribution in [2.24, 2.45) is 0 Å². The molecule has 0 amide bonds. The summed E-state index contributed by atoms with van der Waals surface area (Å²) in [6.07, 6.45) is 1.63. The third-order valence-electron chi connectivity index (χ3n) is 4.43. The number of nitrogens with two attached hydrogens (primary N) is 1. The highest BCUT2D eigenvalue weighted by atomic mass is 16.5. The third-order valence-corrected chi connectivity index (χ3v) is 4.43. The van der Waals surface area contributed by atoms with Gasteiger partial charge < -0.3 is 19.9 Å². The summed E-state index contributed by atoms with van der Waals surface area (Å²) in [7, 11) is 0. The molecule has 0 saturated carbocycles. The normalized spacial score (nSPS) is 15.2. The predicted molar refractivity (Wildman–Crippen MR) is 98.9 cm³/mol. The highest BCUT2D eigenvalue weighted by Gasteiger charge is 2.22. The molecule has 1 aliphatic rings. The SMILES string of the molecule is Cc1nc2c(-c3ccnc(N)n3)nc(N3CCOCC3)nc2n1C(C)C. The van der Waals surface area contributed by atoms with Gasteiger partial charge in [-0.05, 0) is 26.8 Å². The Bertz CT molecular complexity index is 945. The van der Waals surface area contributed by atoms with Crippen molar-refractivity contribution in [3.63, 3.8) is 0 Å². The summed E-state index contributed by atoms with van der Waals surface area (Å²) in [6, 6.07) is 2.03. The van der Waals surface area contributed by atoms with Crippen molar-refractivity contribution < 1.29 is 4.74 Å². The van der Waals surface area contributed by atoms with Gasteiger partial charge in [-0.25, -0.2) is 19.9 Å². The molecule has 0 radical (unpaired) electrons. The highest BCUT2D eigenvalue weighted by molar-refractivity contribution is 5.88. The van der Waals surface area contributed by atoms with Gasteiger partial charge in [-0.3, -0.25) is 0 Å². The number of hydrogen-bond acceptors (Lipinski definition) is 8. The number of hydrogen-bond donors (Lipinski definition) is 1. The summed E-state index contributed by atoms with van der Waals surface area (Å²) >= 11 is 0. The molecule has 9 heteroatoms. The molecular weight excluding hydrogens is 332 g/mol. The Balaban J connectivity index is 1.97. The van der Waals surface area contributed by atoms with Crippen LogP contribution in [-0.2, 0) is 4.74 Å². The van der Waals surface area contributed by atoms with Crippen LogP contribution in [0.4, 0.5) is 11.9 Å². The molecule has 1 saturated heterocycles. The number of fused-ring (bicyclic) bond motifs is 1. The van der Waals surface area contributed by atoms with E-state index in [1.165, 1.54) is 0 Å². The van der Waals surface area contributed by atoms with E-state index in [0.29, 0.717) is 30.5 Å². The van der Waals surface area contributed by atoms with E-state index in [1.807, 2.05) is 6.92 Å². The maximum atomic E-state index is 5.79. The smallest absolute Gasteiger partial charge is 0.228 e. The summed E-state index contributed by atoms with van der Waals surface area (Å²) < 4.78 is 7.57. The van der Waals surface area contributed by atoms with Crippen LogP contribution in [-0.4, -0.2) is 55.8 Å². The number of imidazole rings is 1. The number of morpholine rings is 1. The zero-order valence-electron chi connectivity index (χ0n) is 15.2. The fourth-order valence-electron chi connectivity index (χ4n) is 3.28. The first-order chi connectivity index (χ1) is 12.5. The predicted octanol–water partition coefficient (Wildman–Crippen LogP) is 1.59. The van der Waals surface area contributed by atoms with E-state index in [-0.39, 0.29) is 12.0 Å². The van der Waals surface area contributed by atoms with Crippen molar-refractivity contribution in [3.05, 3.63) is 18.1 Å². The first-order valence-electron chi connectivity index (χ1n) is 8.72. The van der Waals surface area contributed by atoms with Gasteiger partial charge in [0, 0.05) is 25.3 Å². The van der Waals surface area contributed by atoms with E-state index >= 15 is 0 Å². The molecule has 9 nitrogen and oxygen atoms in total. The summed E-state index contributed by atoms with van der Waals surface area (Å²) in [6.45, 7) is 9.06. The lowest BCUT2D eigenvalue weighted by molar-refractivity contribution is 0.122. The Kier molecular flexibility index (Phi) is 4.15. The average Bonchev–Trinajstić information content (AvgIpc) is 2.97. The largest absolute Gasteiger partial charge is 0.378 e. The molecule has 1 fully saturated rings. The van der Waals surface area contributed by atoms with E-state index in [0.717, 1.165) is 30.1 Å². The van der Waals surface area contributed by atoms with Gasteiger partial charge in [-0.15, -0.1) is 0 Å². The standard InChI is InChI=1S/C17H22N8O/c1-10(2)25-11(3)20-14-13(12-4-5-19-16(18)21-12)22-17(23-15(14)25)24-6-8-26-9-7-24/h4-5,10H,6-9H2,1-3H3,(H2,18,19,21). The average molecular weight is 354 g/mol. The summed E-state index contributed by atoms with van der Waals surface area (Å²) in [5.41, 5.74) is 8.64. The minimum atomic E-state index is 0.210. The Morgan fingerprint density at radius 3 is 2.58 bits per heavy atom. The molecule has 2 N–H and O–H groups in total. The second kappa shape index (κ2) is 6.49. The third kappa shape index (κ3) is 2.84. The lowest BCUT2D eigenvalue weighted by Crippen LogP contribution is -2.37. The van der Waals surface area contributed by atoms with E-state index in [9.17, 15) is 0 Å². The van der Waals surface area contributed by atoms with Crippen LogP contribution in [0.1, 0.15) is 25.7 Å². The van der Waals surface area contributed by atoms with Crippen molar-refractivity contribution in [2.75, 3.05) is 36.9 Å². The Morgan fingerprint density at radius 1 is 1.12 bits per heavy atom. The van der Waals surface area contributed by atoms with Gasteiger partial charge in [0.1, 0.15) is 17.0 Å². The minimum absolute atomic E-state index is 0.210. The zero-order valence-corrected chi connectivity index (χ0v) is 15.2. The molecule has 0 spiro atoms. The maximum absolute atomic E-state index is 5.79. The summed E-state index contributed by atoms with van der Waals surface area (Å²) in [4.78, 5) is 24.8. The molecule has 0 bridgehead atoms. The van der Waals surface area contributed by atoms with E-state index in [2.05, 4.69) is 33.3 Å². The van der Waals surface area contributed by atoms with Crippen LogP contribution in [0, 0.1) is 6.92 Å². The lowest BCUT2D eigenvalue weighted by atomic mass is 10.2. The van der Waals surface area contributed by atoms with Gasteiger partial charge in [0.05, 0.1) is 18.9 Å². The number of rotatable bonds is 3. The van der Waals surface area contributed by atoms with Crippen LogP contribution in [0.25, 0.3) is 22.6 Å². The highest BCUT2D eigenvalue weighted by Crippen LogP contribution is 2.29. The molecule has 0 atom stereocenters. The van der Waals surface area contributed by atoms with Gasteiger partial charge >= 0.3 is 0 Å². The van der Waals surface area contributed by atoms with Gasteiger partial charge in [0.2, 0.25) is 11.9 Å². The summed E-state index contributed by atoms with van der Waals surface area (Å²) in [5.74, 6) is 1.77. The van der Waals surface area contributed by atoms with Crippen LogP contribution in [0.15, 0.2) is 12.3 Å². The van der Waals surface area contributed by atoms with Crippen LogP contribution < -0.4 is 10.6 Å². The quantitative estimate of drug-likeness (QED) is 0.755. The maximum Gasteiger partial charge on any atom is 0.228 e. The topological polar surface area (TPSA) is 108 Å². The van der Waals surface area contributed by atoms with Crippen molar-refractivity contribution in [3.8, 4) is 11.4 Å². The minimum Gasteiger partial charge on any atom is -0.378 e.